The highest BCUT2D eigenvalue weighted by Crippen LogP contribution is 2.42. The molecule has 0 bridgehead atoms. The summed E-state index contributed by atoms with van der Waals surface area (Å²) in [7, 11) is 0. The van der Waals surface area contributed by atoms with Crippen LogP contribution in [0.5, 0.6) is 10.1 Å². The van der Waals surface area contributed by atoms with Gasteiger partial charge in [-0.1, -0.05) is 49.6 Å². The third kappa shape index (κ3) is 1.37. The van der Waals surface area contributed by atoms with Gasteiger partial charge in [-0.15, -0.1) is 22.7 Å². The van der Waals surface area contributed by atoms with E-state index in [1.165, 1.54) is 27.5 Å². The van der Waals surface area contributed by atoms with E-state index >= 15 is 0 Å². The van der Waals surface area contributed by atoms with Crippen molar-refractivity contribution in [1.82, 2.24) is 0 Å². The number of ether oxygens (including phenoxy) is 1. The number of hydrogen-bond donors (Lipinski definition) is 0. The van der Waals surface area contributed by atoms with Gasteiger partial charge in [0.1, 0.15) is 0 Å². The van der Waals surface area contributed by atoms with Crippen LogP contribution in [0.1, 0.15) is 25.0 Å². The first-order chi connectivity index (χ1) is 10.2. The van der Waals surface area contributed by atoms with Gasteiger partial charge in [-0.25, -0.2) is 0 Å². The molecule has 1 nitrogen and oxygen atoms in total. The van der Waals surface area contributed by atoms with Crippen LogP contribution in [0.15, 0.2) is 41.1 Å². The highest BCUT2D eigenvalue weighted by Gasteiger charge is 2.46. The molecule has 0 fully saturated rings. The molecule has 0 spiro atoms. The number of rotatable bonds is 0. The van der Waals surface area contributed by atoms with Gasteiger partial charge >= 0.3 is 0 Å². The highest BCUT2D eigenvalue weighted by atomic mass is 32.1. The lowest BCUT2D eigenvalue weighted by molar-refractivity contribution is 0.513. The van der Waals surface area contributed by atoms with Crippen LogP contribution in [-0.4, -0.2) is 6.71 Å². The Morgan fingerprint density at radius 3 is 2.71 bits per heavy atom. The van der Waals surface area contributed by atoms with Gasteiger partial charge < -0.3 is 4.74 Å². The minimum Gasteiger partial charge on any atom is -0.437 e. The van der Waals surface area contributed by atoms with Crippen LogP contribution < -0.4 is 21.1 Å². The van der Waals surface area contributed by atoms with Crippen molar-refractivity contribution in [3.05, 3.63) is 52.2 Å². The molecule has 0 N–H and O–H groups in total. The molecule has 5 rings (SSSR count). The van der Waals surface area contributed by atoms with E-state index in [1.54, 1.807) is 22.7 Å². The van der Waals surface area contributed by atoms with Crippen LogP contribution in [0.25, 0.3) is 0 Å². The molecule has 0 amide bonds. The van der Waals surface area contributed by atoms with Gasteiger partial charge in [-0.3, -0.25) is 0 Å². The first-order valence-electron chi connectivity index (χ1n) is 7.14. The fourth-order valence-corrected chi connectivity index (χ4v) is 5.79. The summed E-state index contributed by atoms with van der Waals surface area (Å²) in [6.45, 7) is 5.00. The maximum absolute atomic E-state index is 6.15. The minimum atomic E-state index is 0.0497. The quantitative estimate of drug-likeness (QED) is 0.454. The summed E-state index contributed by atoms with van der Waals surface area (Å²) in [6, 6.07) is 11.1. The maximum Gasteiger partial charge on any atom is 0.254 e. The summed E-state index contributed by atoms with van der Waals surface area (Å²) in [4.78, 5) is 0. The zero-order chi connectivity index (χ0) is 14.2. The molecule has 4 heterocycles. The molecule has 2 aliphatic rings. The number of benzene rings is 1. The number of hydrogen-bond acceptors (Lipinski definition) is 3. The SMILES string of the molecule is CC1(C)c2ccccc2B2c3ccsc3Oc3scc1c32. The van der Waals surface area contributed by atoms with E-state index in [0.717, 1.165) is 10.1 Å². The topological polar surface area (TPSA) is 9.23 Å². The van der Waals surface area contributed by atoms with Gasteiger partial charge in [-0.2, -0.15) is 0 Å². The van der Waals surface area contributed by atoms with Gasteiger partial charge in [0.15, 0.2) is 10.1 Å². The van der Waals surface area contributed by atoms with Crippen LogP contribution in [0.3, 0.4) is 0 Å². The molecule has 102 valence electrons. The molecular weight excluding hydrogens is 295 g/mol. The van der Waals surface area contributed by atoms with Crippen LogP contribution in [0.2, 0.25) is 0 Å². The molecule has 0 unspecified atom stereocenters. The minimum absolute atomic E-state index is 0.0497. The second kappa shape index (κ2) is 3.82. The van der Waals surface area contributed by atoms with Crippen LogP contribution in [0.4, 0.5) is 0 Å². The molecule has 0 aliphatic carbocycles. The van der Waals surface area contributed by atoms with Gasteiger partial charge in [0.2, 0.25) is 0 Å². The fourth-order valence-electron chi connectivity index (χ4n) is 3.81. The third-order valence-electron chi connectivity index (χ3n) is 4.86. The van der Waals surface area contributed by atoms with Crippen molar-refractivity contribution in [2.24, 2.45) is 0 Å². The maximum atomic E-state index is 6.15. The predicted octanol–water partition coefficient (Wildman–Crippen LogP) is 3.07. The van der Waals surface area contributed by atoms with E-state index in [9.17, 15) is 0 Å². The molecule has 2 aliphatic heterocycles. The number of thiophene rings is 2. The zero-order valence-electron chi connectivity index (χ0n) is 11.8. The van der Waals surface area contributed by atoms with Crippen molar-refractivity contribution in [2.75, 3.05) is 0 Å². The third-order valence-corrected chi connectivity index (χ3v) is 6.53. The average Bonchev–Trinajstić information content (AvgIpc) is 3.10. The van der Waals surface area contributed by atoms with Gasteiger partial charge in [0.25, 0.3) is 6.71 Å². The summed E-state index contributed by atoms with van der Waals surface area (Å²) in [5.41, 5.74) is 7.10. The summed E-state index contributed by atoms with van der Waals surface area (Å²) in [5, 5.41) is 6.59. The normalized spacial score (nSPS) is 16.8. The largest absolute Gasteiger partial charge is 0.437 e. The van der Waals surface area contributed by atoms with E-state index in [1.807, 2.05) is 0 Å². The summed E-state index contributed by atoms with van der Waals surface area (Å²) < 4.78 is 6.15. The van der Waals surface area contributed by atoms with Crippen LogP contribution in [-0.2, 0) is 5.41 Å². The van der Waals surface area contributed by atoms with Crippen LogP contribution in [0, 0.1) is 0 Å². The van der Waals surface area contributed by atoms with E-state index in [4.69, 9.17) is 4.74 Å². The van der Waals surface area contributed by atoms with Crippen molar-refractivity contribution in [3.8, 4) is 10.1 Å². The lowest BCUT2D eigenvalue weighted by Gasteiger charge is -2.38. The second-order valence-corrected chi connectivity index (χ2v) is 7.98. The number of fused-ring (bicyclic) bond motifs is 4. The molecular formula is C17H13BOS2. The lowest BCUT2D eigenvalue weighted by atomic mass is 9.32. The van der Waals surface area contributed by atoms with Crippen LogP contribution >= 0.6 is 22.7 Å². The Morgan fingerprint density at radius 2 is 1.81 bits per heavy atom. The van der Waals surface area contributed by atoms with Crippen molar-refractivity contribution in [3.63, 3.8) is 0 Å². The monoisotopic (exact) mass is 308 g/mol. The molecule has 3 aromatic rings. The van der Waals surface area contributed by atoms with E-state index in [0.29, 0.717) is 6.71 Å². The van der Waals surface area contributed by atoms with Crippen molar-refractivity contribution >= 4 is 45.8 Å². The van der Waals surface area contributed by atoms with Crippen molar-refractivity contribution < 1.29 is 4.74 Å². The Balaban J connectivity index is 1.92. The van der Waals surface area contributed by atoms with E-state index < -0.39 is 0 Å². The Labute approximate surface area is 132 Å². The highest BCUT2D eigenvalue weighted by molar-refractivity contribution is 7.19. The molecule has 4 heteroatoms. The van der Waals surface area contributed by atoms with Crippen molar-refractivity contribution in [1.29, 1.82) is 0 Å². The zero-order valence-corrected chi connectivity index (χ0v) is 13.5. The van der Waals surface area contributed by atoms with Gasteiger partial charge in [0.05, 0.1) is 0 Å². The Morgan fingerprint density at radius 1 is 0.952 bits per heavy atom. The Hall–Kier alpha value is -1.52. The Bertz CT molecular complexity index is 875. The Kier molecular flexibility index (Phi) is 2.19. The standard InChI is InChI=1S/C17H13BOS2/c1-17(2)10-5-3-4-6-12(10)18-13-7-8-20-15(13)19-16-14(18)11(17)9-21-16/h3-9H,1-2H3. The molecule has 0 atom stereocenters. The molecule has 0 radical (unpaired) electrons. The van der Waals surface area contributed by atoms with E-state index in [2.05, 4.69) is 54.9 Å². The van der Waals surface area contributed by atoms with Crippen molar-refractivity contribution in [2.45, 2.75) is 19.3 Å². The fraction of sp³-hybridized carbons (Fsp3) is 0.176. The summed E-state index contributed by atoms with van der Waals surface area (Å²) >= 11 is 3.45. The average molecular weight is 308 g/mol. The molecule has 0 saturated heterocycles. The summed E-state index contributed by atoms with van der Waals surface area (Å²) in [5.74, 6) is 0. The second-order valence-electron chi connectivity index (χ2n) is 6.26. The first-order valence-corrected chi connectivity index (χ1v) is 8.90. The van der Waals surface area contributed by atoms with Gasteiger partial charge in [-0.05, 0) is 32.8 Å². The molecule has 2 aromatic heterocycles. The van der Waals surface area contributed by atoms with E-state index in [-0.39, 0.29) is 5.41 Å². The predicted molar refractivity (Wildman–Crippen MR) is 91.9 cm³/mol. The lowest BCUT2D eigenvalue weighted by Crippen LogP contribution is -2.61. The molecule has 21 heavy (non-hydrogen) atoms. The smallest absolute Gasteiger partial charge is 0.254 e. The first kappa shape index (κ1) is 12.1. The molecule has 1 aromatic carbocycles. The molecule has 0 saturated carbocycles. The van der Waals surface area contributed by atoms with Gasteiger partial charge in [0, 0.05) is 5.41 Å². The summed E-state index contributed by atoms with van der Waals surface area (Å²) in [6.07, 6.45) is 0.